The van der Waals surface area contributed by atoms with E-state index in [1.807, 2.05) is 25.2 Å². The molecule has 3 rings (SSSR count). The van der Waals surface area contributed by atoms with Crippen LogP contribution >= 0.6 is 0 Å². The number of nitrogens with one attached hydrogen (secondary N) is 2. The van der Waals surface area contributed by atoms with Gasteiger partial charge in [0.1, 0.15) is 17.3 Å². The molecule has 1 aliphatic rings. The van der Waals surface area contributed by atoms with Gasteiger partial charge in [-0.05, 0) is 12.1 Å². The lowest BCUT2D eigenvalue weighted by atomic mass is 10.3. The average molecular weight is 330 g/mol. The van der Waals surface area contributed by atoms with E-state index >= 15 is 0 Å². The molecule has 8 heteroatoms. The minimum atomic E-state index is -0.170. The van der Waals surface area contributed by atoms with Crippen LogP contribution in [0.2, 0.25) is 0 Å². The van der Waals surface area contributed by atoms with Gasteiger partial charge in [-0.3, -0.25) is 14.4 Å². The molecule has 0 spiro atoms. The number of hydrogen-bond donors (Lipinski definition) is 2. The number of carbonyl (C=O) groups excluding carboxylic acids is 1. The van der Waals surface area contributed by atoms with Crippen molar-refractivity contribution in [1.82, 2.24) is 25.0 Å². The number of pyridine rings is 1. The quantitative estimate of drug-likeness (QED) is 0.808. The molecule has 0 unspecified atom stereocenters. The van der Waals surface area contributed by atoms with Crippen LogP contribution in [0.1, 0.15) is 10.5 Å². The van der Waals surface area contributed by atoms with E-state index in [0.29, 0.717) is 18.1 Å². The maximum absolute atomic E-state index is 12.2. The summed E-state index contributed by atoms with van der Waals surface area (Å²) in [6, 6.07) is 7.18. The molecule has 3 heterocycles. The van der Waals surface area contributed by atoms with Gasteiger partial charge in [-0.2, -0.15) is 5.10 Å². The van der Waals surface area contributed by atoms with Crippen LogP contribution in [0.25, 0.3) is 0 Å². The molecule has 8 nitrogen and oxygen atoms in total. The van der Waals surface area contributed by atoms with E-state index in [0.717, 1.165) is 38.7 Å². The minimum Gasteiger partial charge on any atom is -0.379 e. The Labute approximate surface area is 140 Å². The van der Waals surface area contributed by atoms with Crippen molar-refractivity contribution in [2.45, 2.75) is 0 Å². The van der Waals surface area contributed by atoms with Gasteiger partial charge in [0.25, 0.3) is 5.91 Å². The van der Waals surface area contributed by atoms with Gasteiger partial charge < -0.3 is 15.4 Å². The molecule has 0 saturated carbocycles. The summed E-state index contributed by atoms with van der Waals surface area (Å²) < 4.78 is 7.01. The summed E-state index contributed by atoms with van der Waals surface area (Å²) >= 11 is 0. The van der Waals surface area contributed by atoms with Crippen molar-refractivity contribution in [3.05, 3.63) is 36.2 Å². The number of aromatic nitrogens is 3. The highest BCUT2D eigenvalue weighted by Crippen LogP contribution is 2.13. The highest BCUT2D eigenvalue weighted by molar-refractivity contribution is 5.92. The van der Waals surface area contributed by atoms with E-state index in [1.54, 1.807) is 16.9 Å². The van der Waals surface area contributed by atoms with Gasteiger partial charge in [-0.15, -0.1) is 0 Å². The van der Waals surface area contributed by atoms with E-state index in [9.17, 15) is 4.79 Å². The third-order valence-corrected chi connectivity index (χ3v) is 3.88. The summed E-state index contributed by atoms with van der Waals surface area (Å²) in [5.74, 6) is 1.25. The molecule has 24 heavy (non-hydrogen) atoms. The Morgan fingerprint density at radius 1 is 1.29 bits per heavy atom. The van der Waals surface area contributed by atoms with Crippen LogP contribution in [-0.2, 0) is 11.8 Å². The number of morpholine rings is 1. The Morgan fingerprint density at radius 2 is 2.12 bits per heavy atom. The van der Waals surface area contributed by atoms with Gasteiger partial charge >= 0.3 is 0 Å². The van der Waals surface area contributed by atoms with Gasteiger partial charge in [-0.1, -0.05) is 6.07 Å². The van der Waals surface area contributed by atoms with Gasteiger partial charge in [0.05, 0.1) is 19.4 Å². The van der Waals surface area contributed by atoms with Crippen LogP contribution < -0.4 is 10.6 Å². The smallest absolute Gasteiger partial charge is 0.270 e. The molecule has 1 aliphatic heterocycles. The number of nitrogens with zero attached hydrogens (tertiary/aromatic N) is 4. The normalized spacial score (nSPS) is 15.2. The highest BCUT2D eigenvalue weighted by Gasteiger charge is 2.12. The number of carbonyl (C=O) groups is 1. The molecule has 1 amide bonds. The fraction of sp³-hybridized carbons (Fsp3) is 0.438. The Morgan fingerprint density at radius 3 is 2.88 bits per heavy atom. The molecule has 0 aromatic carbocycles. The van der Waals surface area contributed by atoms with Crippen LogP contribution in [-0.4, -0.2) is 65.0 Å². The Hall–Kier alpha value is -2.45. The highest BCUT2D eigenvalue weighted by atomic mass is 16.5. The maximum Gasteiger partial charge on any atom is 0.270 e. The number of amides is 1. The largest absolute Gasteiger partial charge is 0.379 e. The van der Waals surface area contributed by atoms with E-state index < -0.39 is 0 Å². The number of rotatable bonds is 6. The maximum atomic E-state index is 12.2. The van der Waals surface area contributed by atoms with Crippen molar-refractivity contribution in [3.63, 3.8) is 0 Å². The SMILES string of the molecule is Cn1nccc1Nc1cccc(C(=O)NCCN2CCOCC2)n1. The number of anilines is 2. The first-order valence-electron chi connectivity index (χ1n) is 8.03. The molecule has 0 atom stereocenters. The minimum absolute atomic E-state index is 0.170. The van der Waals surface area contributed by atoms with Crippen LogP contribution in [0.15, 0.2) is 30.5 Å². The van der Waals surface area contributed by atoms with Crippen molar-refractivity contribution in [2.75, 3.05) is 44.7 Å². The van der Waals surface area contributed by atoms with Crippen LogP contribution in [0.4, 0.5) is 11.6 Å². The zero-order valence-corrected chi connectivity index (χ0v) is 13.7. The van der Waals surface area contributed by atoms with Crippen molar-refractivity contribution in [1.29, 1.82) is 0 Å². The number of hydrogen-bond acceptors (Lipinski definition) is 6. The Balaban J connectivity index is 1.53. The van der Waals surface area contributed by atoms with Gasteiger partial charge in [-0.25, -0.2) is 4.98 Å². The van der Waals surface area contributed by atoms with E-state index in [2.05, 4.69) is 25.6 Å². The van der Waals surface area contributed by atoms with Crippen LogP contribution in [0.3, 0.4) is 0 Å². The number of ether oxygens (including phenoxy) is 1. The second kappa shape index (κ2) is 7.89. The van der Waals surface area contributed by atoms with E-state index in [4.69, 9.17) is 4.74 Å². The molecule has 2 aromatic rings. The molecular formula is C16H22N6O2. The zero-order valence-electron chi connectivity index (χ0n) is 13.7. The molecule has 128 valence electrons. The lowest BCUT2D eigenvalue weighted by Gasteiger charge is -2.26. The zero-order chi connectivity index (χ0) is 16.8. The van der Waals surface area contributed by atoms with E-state index in [-0.39, 0.29) is 5.91 Å². The first-order chi connectivity index (χ1) is 11.7. The summed E-state index contributed by atoms with van der Waals surface area (Å²) in [6.07, 6.45) is 1.70. The van der Waals surface area contributed by atoms with Gasteiger partial charge in [0.2, 0.25) is 0 Å². The predicted octanol–water partition coefficient (Wildman–Crippen LogP) is 0.621. The van der Waals surface area contributed by atoms with Crippen molar-refractivity contribution in [3.8, 4) is 0 Å². The second-order valence-corrected chi connectivity index (χ2v) is 5.58. The van der Waals surface area contributed by atoms with Crippen LogP contribution in [0.5, 0.6) is 0 Å². The Bertz CT molecular complexity index is 681. The Kier molecular flexibility index (Phi) is 5.39. The molecule has 0 bridgehead atoms. The lowest BCUT2D eigenvalue weighted by Crippen LogP contribution is -2.41. The van der Waals surface area contributed by atoms with Crippen LogP contribution in [0, 0.1) is 0 Å². The standard InChI is InChI=1S/C16H22N6O2/c1-21-15(5-6-18-21)20-14-4-2-3-13(19-14)16(23)17-7-8-22-9-11-24-12-10-22/h2-6H,7-12H2,1H3,(H,17,23)(H,19,20). The molecular weight excluding hydrogens is 308 g/mol. The third-order valence-electron chi connectivity index (χ3n) is 3.88. The number of aryl methyl sites for hydroxylation is 1. The molecule has 0 radical (unpaired) electrons. The molecule has 2 N–H and O–H groups in total. The molecule has 1 fully saturated rings. The summed E-state index contributed by atoms with van der Waals surface area (Å²) in [7, 11) is 1.84. The molecule has 0 aliphatic carbocycles. The monoisotopic (exact) mass is 330 g/mol. The molecule has 1 saturated heterocycles. The predicted molar refractivity (Wildman–Crippen MR) is 90.3 cm³/mol. The lowest BCUT2D eigenvalue weighted by molar-refractivity contribution is 0.0383. The summed E-state index contributed by atoms with van der Waals surface area (Å²) in [5.41, 5.74) is 0.393. The summed E-state index contributed by atoms with van der Waals surface area (Å²) in [5, 5.41) is 10.1. The van der Waals surface area contributed by atoms with Crippen molar-refractivity contribution < 1.29 is 9.53 Å². The first-order valence-corrected chi connectivity index (χ1v) is 8.03. The first kappa shape index (κ1) is 16.4. The summed E-state index contributed by atoms with van der Waals surface area (Å²) in [4.78, 5) is 18.9. The van der Waals surface area contributed by atoms with Gasteiger partial charge in [0, 0.05) is 39.3 Å². The molecule has 2 aromatic heterocycles. The summed E-state index contributed by atoms with van der Waals surface area (Å²) in [6.45, 7) is 4.77. The van der Waals surface area contributed by atoms with E-state index in [1.165, 1.54) is 0 Å². The second-order valence-electron chi connectivity index (χ2n) is 5.58. The van der Waals surface area contributed by atoms with Crippen molar-refractivity contribution >= 4 is 17.5 Å². The third kappa shape index (κ3) is 4.30. The topological polar surface area (TPSA) is 84.3 Å². The van der Waals surface area contributed by atoms with Crippen molar-refractivity contribution in [2.24, 2.45) is 7.05 Å². The fourth-order valence-electron chi connectivity index (χ4n) is 2.50. The fourth-order valence-corrected chi connectivity index (χ4v) is 2.50. The van der Waals surface area contributed by atoms with Gasteiger partial charge in [0.15, 0.2) is 0 Å². The average Bonchev–Trinajstić information content (AvgIpc) is 3.01.